The lowest BCUT2D eigenvalue weighted by molar-refractivity contribution is 0.252. The smallest absolute Gasteiger partial charge is 0.323 e. The van der Waals surface area contributed by atoms with Crippen LogP contribution in [0.3, 0.4) is 0 Å². The van der Waals surface area contributed by atoms with E-state index in [0.29, 0.717) is 13.1 Å². The standard InChI is InChI=1S/C7H9FN4O/c1-11-4-5(8)6(10-11)12-3-2-9-7(12)13/h4H,2-3H2,1H3,(H,9,13). The lowest BCUT2D eigenvalue weighted by Gasteiger charge is -2.09. The Hall–Kier alpha value is -1.59. The van der Waals surface area contributed by atoms with E-state index < -0.39 is 5.82 Å². The molecule has 6 heteroatoms. The molecule has 1 aromatic heterocycles. The number of anilines is 1. The van der Waals surface area contributed by atoms with Crippen LogP contribution in [0.2, 0.25) is 0 Å². The Morgan fingerprint density at radius 2 is 2.46 bits per heavy atom. The Kier molecular flexibility index (Phi) is 1.68. The van der Waals surface area contributed by atoms with Gasteiger partial charge in [0.1, 0.15) is 0 Å². The SMILES string of the molecule is Cn1cc(F)c(N2CCNC2=O)n1. The first-order chi connectivity index (χ1) is 6.18. The van der Waals surface area contributed by atoms with Gasteiger partial charge in [-0.3, -0.25) is 9.58 Å². The van der Waals surface area contributed by atoms with Crippen LogP contribution in [-0.4, -0.2) is 28.9 Å². The van der Waals surface area contributed by atoms with Crippen molar-refractivity contribution in [2.24, 2.45) is 7.05 Å². The van der Waals surface area contributed by atoms with E-state index >= 15 is 0 Å². The minimum absolute atomic E-state index is 0.0949. The second-order valence-electron chi connectivity index (χ2n) is 2.86. The number of rotatable bonds is 1. The minimum Gasteiger partial charge on any atom is -0.336 e. The van der Waals surface area contributed by atoms with Crippen LogP contribution in [0.4, 0.5) is 15.0 Å². The number of nitrogens with one attached hydrogen (secondary N) is 1. The van der Waals surface area contributed by atoms with Gasteiger partial charge in [0, 0.05) is 20.1 Å². The maximum absolute atomic E-state index is 13.1. The third-order valence-electron chi connectivity index (χ3n) is 1.88. The molecule has 0 saturated carbocycles. The Bertz CT molecular complexity index is 348. The summed E-state index contributed by atoms with van der Waals surface area (Å²) in [5.41, 5.74) is 0. The van der Waals surface area contributed by atoms with Crippen LogP contribution in [0.25, 0.3) is 0 Å². The zero-order valence-corrected chi connectivity index (χ0v) is 7.12. The normalized spacial score (nSPS) is 16.5. The lowest BCUT2D eigenvalue weighted by atomic mass is 10.5. The molecule has 1 aliphatic heterocycles. The number of aromatic nitrogens is 2. The predicted octanol–water partition coefficient (Wildman–Crippen LogP) is 0.0888. The van der Waals surface area contributed by atoms with Crippen molar-refractivity contribution in [3.8, 4) is 0 Å². The van der Waals surface area contributed by atoms with Gasteiger partial charge in [-0.25, -0.2) is 9.18 Å². The van der Waals surface area contributed by atoms with E-state index in [2.05, 4.69) is 10.4 Å². The summed E-state index contributed by atoms with van der Waals surface area (Å²) in [5.74, 6) is -0.378. The van der Waals surface area contributed by atoms with E-state index in [0.717, 1.165) is 0 Å². The van der Waals surface area contributed by atoms with E-state index in [-0.39, 0.29) is 11.8 Å². The molecule has 70 valence electrons. The van der Waals surface area contributed by atoms with Crippen molar-refractivity contribution in [1.82, 2.24) is 15.1 Å². The highest BCUT2D eigenvalue weighted by Gasteiger charge is 2.26. The van der Waals surface area contributed by atoms with Crippen molar-refractivity contribution < 1.29 is 9.18 Å². The zero-order chi connectivity index (χ0) is 9.42. The van der Waals surface area contributed by atoms with Gasteiger partial charge in [0.25, 0.3) is 0 Å². The second-order valence-corrected chi connectivity index (χ2v) is 2.86. The van der Waals surface area contributed by atoms with Gasteiger partial charge in [0.05, 0.1) is 6.20 Å². The van der Waals surface area contributed by atoms with Gasteiger partial charge < -0.3 is 5.32 Å². The minimum atomic E-state index is -0.473. The highest BCUT2D eigenvalue weighted by Crippen LogP contribution is 2.17. The monoisotopic (exact) mass is 184 g/mol. The number of nitrogens with zero attached hydrogens (tertiary/aromatic N) is 3. The first kappa shape index (κ1) is 8.03. The molecule has 0 unspecified atom stereocenters. The third kappa shape index (κ3) is 1.24. The molecular formula is C7H9FN4O. The summed E-state index contributed by atoms with van der Waals surface area (Å²) in [6.07, 6.45) is 1.24. The van der Waals surface area contributed by atoms with Gasteiger partial charge >= 0.3 is 6.03 Å². The Morgan fingerprint density at radius 3 is 2.92 bits per heavy atom. The number of carbonyl (C=O) groups excluding carboxylic acids is 1. The summed E-state index contributed by atoms with van der Waals surface area (Å²) in [6.45, 7) is 1.00. The molecule has 0 atom stereocenters. The van der Waals surface area contributed by atoms with Crippen LogP contribution in [0.1, 0.15) is 0 Å². The van der Waals surface area contributed by atoms with E-state index in [1.54, 1.807) is 7.05 Å². The molecular weight excluding hydrogens is 175 g/mol. The molecule has 1 N–H and O–H groups in total. The molecule has 2 heterocycles. The van der Waals surface area contributed by atoms with E-state index in [1.807, 2.05) is 0 Å². The van der Waals surface area contributed by atoms with Crippen LogP contribution in [-0.2, 0) is 7.05 Å². The quantitative estimate of drug-likeness (QED) is 0.672. The highest BCUT2D eigenvalue weighted by atomic mass is 19.1. The molecule has 1 aromatic rings. The summed E-state index contributed by atoms with van der Waals surface area (Å²) in [5, 5.41) is 6.43. The van der Waals surface area contributed by atoms with Gasteiger partial charge in [0.2, 0.25) is 0 Å². The van der Waals surface area contributed by atoms with Gasteiger partial charge in [-0.2, -0.15) is 5.10 Å². The molecule has 0 spiro atoms. The van der Waals surface area contributed by atoms with Gasteiger partial charge in [0.15, 0.2) is 11.6 Å². The molecule has 0 aromatic carbocycles. The fourth-order valence-electron chi connectivity index (χ4n) is 1.30. The average molecular weight is 184 g/mol. The molecule has 1 fully saturated rings. The van der Waals surface area contributed by atoms with E-state index in [4.69, 9.17) is 0 Å². The summed E-state index contributed by atoms with van der Waals surface area (Å²) >= 11 is 0. The highest BCUT2D eigenvalue weighted by molar-refractivity contribution is 5.93. The van der Waals surface area contributed by atoms with Crippen LogP contribution in [0, 0.1) is 5.82 Å². The molecule has 0 aliphatic carbocycles. The van der Waals surface area contributed by atoms with Crippen LogP contribution in [0.15, 0.2) is 6.20 Å². The summed E-state index contributed by atoms with van der Waals surface area (Å²) in [4.78, 5) is 12.4. The number of urea groups is 1. The topological polar surface area (TPSA) is 50.2 Å². The number of aryl methyl sites for hydroxylation is 1. The third-order valence-corrected chi connectivity index (χ3v) is 1.88. The Morgan fingerprint density at radius 1 is 1.69 bits per heavy atom. The fourth-order valence-corrected chi connectivity index (χ4v) is 1.30. The Labute approximate surface area is 74.1 Å². The maximum Gasteiger partial charge on any atom is 0.323 e. The summed E-state index contributed by atoms with van der Waals surface area (Å²) < 4.78 is 14.5. The van der Waals surface area contributed by atoms with Crippen LogP contribution >= 0.6 is 0 Å². The summed E-state index contributed by atoms with van der Waals surface area (Å²) in [6, 6.07) is -0.294. The van der Waals surface area contributed by atoms with Crippen molar-refractivity contribution in [2.45, 2.75) is 0 Å². The van der Waals surface area contributed by atoms with Gasteiger partial charge in [-0.05, 0) is 0 Å². The molecule has 5 nitrogen and oxygen atoms in total. The summed E-state index contributed by atoms with van der Waals surface area (Å²) in [7, 11) is 1.61. The van der Waals surface area contributed by atoms with Crippen molar-refractivity contribution in [3.63, 3.8) is 0 Å². The van der Waals surface area contributed by atoms with Crippen LogP contribution < -0.4 is 10.2 Å². The lowest BCUT2D eigenvalue weighted by Crippen LogP contribution is -2.28. The predicted molar refractivity (Wildman–Crippen MR) is 43.9 cm³/mol. The van der Waals surface area contributed by atoms with Crippen molar-refractivity contribution in [3.05, 3.63) is 12.0 Å². The zero-order valence-electron chi connectivity index (χ0n) is 7.12. The van der Waals surface area contributed by atoms with E-state index in [1.165, 1.54) is 15.8 Å². The van der Waals surface area contributed by atoms with Gasteiger partial charge in [-0.1, -0.05) is 0 Å². The molecule has 2 rings (SSSR count). The van der Waals surface area contributed by atoms with Crippen molar-refractivity contribution >= 4 is 11.8 Å². The Balaban J connectivity index is 2.34. The first-order valence-corrected chi connectivity index (χ1v) is 3.93. The first-order valence-electron chi connectivity index (χ1n) is 3.93. The number of halogens is 1. The number of carbonyl (C=O) groups is 1. The molecule has 1 saturated heterocycles. The largest absolute Gasteiger partial charge is 0.336 e. The number of amides is 2. The van der Waals surface area contributed by atoms with Crippen LogP contribution in [0.5, 0.6) is 0 Å². The molecule has 0 bridgehead atoms. The molecule has 2 amide bonds. The van der Waals surface area contributed by atoms with Crippen molar-refractivity contribution in [2.75, 3.05) is 18.0 Å². The van der Waals surface area contributed by atoms with Gasteiger partial charge in [-0.15, -0.1) is 0 Å². The average Bonchev–Trinajstić information content (AvgIpc) is 2.58. The molecule has 1 aliphatic rings. The molecule has 0 radical (unpaired) electrons. The van der Waals surface area contributed by atoms with Crippen molar-refractivity contribution in [1.29, 1.82) is 0 Å². The fraction of sp³-hybridized carbons (Fsp3) is 0.429. The number of hydrogen-bond acceptors (Lipinski definition) is 2. The number of hydrogen-bond donors (Lipinski definition) is 1. The second kappa shape index (κ2) is 2.72. The van der Waals surface area contributed by atoms with E-state index in [9.17, 15) is 9.18 Å². The molecule has 13 heavy (non-hydrogen) atoms. The maximum atomic E-state index is 13.1.